The number of nitrogens with zero attached hydrogens (tertiary/aromatic N) is 5. The molecule has 194 valence electrons. The predicted octanol–water partition coefficient (Wildman–Crippen LogP) is 4.52. The first-order valence-corrected chi connectivity index (χ1v) is 13.0. The Morgan fingerprint density at radius 1 is 1.28 bits per heavy atom. The highest BCUT2D eigenvalue weighted by molar-refractivity contribution is 7.84. The van der Waals surface area contributed by atoms with Crippen LogP contribution in [-0.2, 0) is 24.0 Å². The van der Waals surface area contributed by atoms with Crippen LogP contribution in [0.3, 0.4) is 0 Å². The summed E-state index contributed by atoms with van der Waals surface area (Å²) in [7, 11) is 1.01. The van der Waals surface area contributed by atoms with Crippen LogP contribution >= 0.6 is 0 Å². The Balaban J connectivity index is 0.000000658. The van der Waals surface area contributed by atoms with Crippen LogP contribution in [0.2, 0.25) is 0 Å². The van der Waals surface area contributed by atoms with Gasteiger partial charge in [0.1, 0.15) is 28.7 Å². The monoisotopic (exact) mass is 523 g/mol. The first kappa shape index (κ1) is 27.4. The third-order valence-corrected chi connectivity index (χ3v) is 6.41. The number of hydrogen-bond acceptors (Lipinski definition) is 6. The van der Waals surface area contributed by atoms with Gasteiger partial charge in [-0.05, 0) is 51.3 Å². The zero-order valence-electron chi connectivity index (χ0n) is 20.9. The predicted molar refractivity (Wildman–Crippen MR) is 131 cm³/mol. The molecule has 0 aromatic carbocycles. The van der Waals surface area contributed by atoms with E-state index < -0.39 is 39.9 Å². The minimum absolute atomic E-state index is 0.0288. The summed E-state index contributed by atoms with van der Waals surface area (Å²) in [5.74, 6) is 1.43. The number of rotatable bonds is 5. The van der Waals surface area contributed by atoms with E-state index in [2.05, 4.69) is 9.97 Å². The third kappa shape index (κ3) is 5.78. The van der Waals surface area contributed by atoms with Crippen molar-refractivity contribution in [3.8, 4) is 23.3 Å². The Kier molecular flexibility index (Phi) is 7.64. The van der Waals surface area contributed by atoms with Gasteiger partial charge in [-0.25, -0.2) is 9.97 Å². The van der Waals surface area contributed by atoms with Crippen molar-refractivity contribution in [1.29, 1.82) is 5.26 Å². The van der Waals surface area contributed by atoms with Gasteiger partial charge in [0.25, 0.3) is 5.56 Å². The van der Waals surface area contributed by atoms with Crippen LogP contribution in [0.4, 0.5) is 13.2 Å². The van der Waals surface area contributed by atoms with Crippen molar-refractivity contribution < 1.29 is 22.1 Å². The summed E-state index contributed by atoms with van der Waals surface area (Å²) >= 11 is 0. The maximum atomic E-state index is 13.6. The van der Waals surface area contributed by atoms with Gasteiger partial charge in [0.2, 0.25) is 0 Å². The maximum Gasteiger partial charge on any atom is 0.431 e. The smallest absolute Gasteiger partial charge is 0.431 e. The summed E-state index contributed by atoms with van der Waals surface area (Å²) in [6.45, 7) is 6.88. The van der Waals surface area contributed by atoms with Crippen LogP contribution in [-0.4, -0.2) is 40.9 Å². The van der Waals surface area contributed by atoms with E-state index >= 15 is 0 Å². The molecule has 1 unspecified atom stereocenters. The van der Waals surface area contributed by atoms with Crippen LogP contribution < -0.4 is 10.3 Å². The fourth-order valence-corrected chi connectivity index (χ4v) is 3.58. The molecular weight excluding hydrogens is 495 g/mol. The first-order valence-electron chi connectivity index (χ1n) is 11.3. The van der Waals surface area contributed by atoms with Gasteiger partial charge in [-0.3, -0.25) is 13.6 Å². The number of imidazole rings is 1. The highest BCUT2D eigenvalue weighted by atomic mass is 32.2. The molecule has 0 aliphatic heterocycles. The Morgan fingerprint density at radius 2 is 1.89 bits per heavy atom. The molecule has 0 radical (unpaired) electrons. The molecule has 12 heteroatoms. The zero-order chi connectivity index (χ0) is 27.0. The van der Waals surface area contributed by atoms with Crippen molar-refractivity contribution in [3.63, 3.8) is 0 Å². The van der Waals surface area contributed by atoms with E-state index in [-0.39, 0.29) is 16.9 Å². The van der Waals surface area contributed by atoms with E-state index in [4.69, 9.17) is 10.00 Å². The second-order valence-electron chi connectivity index (χ2n) is 9.08. The molecule has 3 aromatic heterocycles. The fraction of sp³-hybridized carbons (Fsp3) is 0.500. The lowest BCUT2D eigenvalue weighted by Gasteiger charge is -2.18. The van der Waals surface area contributed by atoms with Gasteiger partial charge in [-0.15, -0.1) is 0 Å². The number of hydrogen-bond donors (Lipinski definition) is 0. The number of nitriles is 1. The molecule has 3 heterocycles. The highest BCUT2D eigenvalue weighted by Crippen LogP contribution is 2.40. The molecule has 36 heavy (non-hydrogen) atoms. The molecule has 8 nitrogen and oxygen atoms in total. The first-order chi connectivity index (χ1) is 16.7. The lowest BCUT2D eigenvalue weighted by molar-refractivity contribution is -0.144. The van der Waals surface area contributed by atoms with Crippen molar-refractivity contribution in [3.05, 3.63) is 39.9 Å². The van der Waals surface area contributed by atoms with Crippen LogP contribution in [0, 0.1) is 18.3 Å². The number of alkyl halides is 3. The second-order valence-corrected chi connectivity index (χ2v) is 10.8. The molecule has 1 aliphatic carbocycles. The molecule has 3 aromatic rings. The van der Waals surface area contributed by atoms with Gasteiger partial charge in [-0.2, -0.15) is 18.4 Å². The molecule has 1 fully saturated rings. The number of halogens is 3. The Bertz CT molecular complexity index is 1420. The molecule has 4 rings (SSSR count). The average Bonchev–Trinajstić information content (AvgIpc) is 3.56. The van der Waals surface area contributed by atoms with Crippen LogP contribution in [0.5, 0.6) is 5.75 Å². The Morgan fingerprint density at radius 3 is 2.36 bits per heavy atom. The Hall–Kier alpha value is -3.20. The number of aromatic nitrogens is 4. The maximum absolute atomic E-state index is 13.6. The summed E-state index contributed by atoms with van der Waals surface area (Å²) in [5.41, 5.74) is -1.61. The average molecular weight is 524 g/mol. The van der Waals surface area contributed by atoms with Crippen molar-refractivity contribution in [2.24, 2.45) is 7.05 Å². The van der Waals surface area contributed by atoms with Gasteiger partial charge >= 0.3 is 6.18 Å². The molecule has 0 bridgehead atoms. The zero-order valence-corrected chi connectivity index (χ0v) is 21.8. The number of pyridine rings is 2. The molecule has 0 spiro atoms. The van der Waals surface area contributed by atoms with Crippen LogP contribution in [0.25, 0.3) is 22.6 Å². The van der Waals surface area contributed by atoms with Gasteiger partial charge in [0.05, 0.1) is 11.7 Å². The highest BCUT2D eigenvalue weighted by Gasteiger charge is 2.40. The Labute approximate surface area is 209 Å². The van der Waals surface area contributed by atoms with E-state index in [9.17, 15) is 22.2 Å². The number of ether oxygens (including phenoxy) is 1. The molecule has 1 saturated carbocycles. The topological polar surface area (TPSA) is 103 Å². The standard InChI is InChI=1S/C21H20F3N5O2.C3H8OS/c1-11-7-13(31-20(2,3)10-25)9-26-16(11)18-27-14-8-15(21(22,23)24)29(12-5-6-12)19(30)17(14)28(18)4;1-3-5(2)4/h7-9,12H,5-6H2,1-4H3;3H2,1-2H3. The van der Waals surface area contributed by atoms with Gasteiger partial charge < -0.3 is 9.30 Å². The number of fused-ring (bicyclic) bond motifs is 1. The second kappa shape index (κ2) is 10.0. The van der Waals surface area contributed by atoms with Gasteiger partial charge in [-0.1, -0.05) is 6.92 Å². The van der Waals surface area contributed by atoms with E-state index in [1.165, 1.54) is 10.8 Å². The minimum Gasteiger partial charge on any atom is -0.471 e. The van der Waals surface area contributed by atoms with Crippen LogP contribution in [0.15, 0.2) is 23.1 Å². The largest absolute Gasteiger partial charge is 0.471 e. The fourth-order valence-electron chi connectivity index (χ4n) is 3.58. The normalized spacial score (nSPS) is 14.7. The van der Waals surface area contributed by atoms with Crippen molar-refractivity contribution in [1.82, 2.24) is 19.1 Å². The molecule has 0 saturated heterocycles. The summed E-state index contributed by atoms with van der Waals surface area (Å²) in [6, 6.07) is 4.19. The van der Waals surface area contributed by atoms with E-state index in [0.29, 0.717) is 29.8 Å². The lowest BCUT2D eigenvalue weighted by Crippen LogP contribution is -2.28. The van der Waals surface area contributed by atoms with Gasteiger partial charge in [0, 0.05) is 35.9 Å². The van der Waals surface area contributed by atoms with E-state index in [0.717, 1.165) is 16.4 Å². The third-order valence-electron chi connectivity index (χ3n) is 5.59. The van der Waals surface area contributed by atoms with E-state index in [1.54, 1.807) is 40.1 Å². The molecule has 0 amide bonds. The minimum atomic E-state index is -4.66. The molecule has 1 aliphatic rings. The lowest BCUT2D eigenvalue weighted by atomic mass is 10.1. The van der Waals surface area contributed by atoms with Crippen molar-refractivity contribution in [2.45, 2.75) is 58.4 Å². The summed E-state index contributed by atoms with van der Waals surface area (Å²) in [5, 5.41) is 9.13. The van der Waals surface area contributed by atoms with Gasteiger partial charge in [0.15, 0.2) is 11.4 Å². The SMILES string of the molecule is CCS(C)=O.Cc1cc(OC(C)(C)C#N)cnc1-c1nc2cc(C(F)(F)F)n(C3CC3)c(=O)c2n1C. The number of aryl methyl sites for hydroxylation is 2. The quantitative estimate of drug-likeness (QED) is 0.487. The van der Waals surface area contributed by atoms with E-state index in [1.807, 2.05) is 13.0 Å². The van der Waals surface area contributed by atoms with Crippen molar-refractivity contribution in [2.75, 3.05) is 12.0 Å². The van der Waals surface area contributed by atoms with Crippen LogP contribution in [0.1, 0.15) is 50.9 Å². The molecular formula is C24H28F3N5O3S. The van der Waals surface area contributed by atoms with Crippen molar-refractivity contribution >= 4 is 21.8 Å². The molecule has 0 N–H and O–H groups in total. The molecule has 1 atom stereocenters. The summed E-state index contributed by atoms with van der Waals surface area (Å²) in [4.78, 5) is 21.7. The summed E-state index contributed by atoms with van der Waals surface area (Å²) < 4.78 is 58.7. The summed E-state index contributed by atoms with van der Waals surface area (Å²) in [6.07, 6.45) is -0.459.